The Labute approximate surface area is 110 Å². The third-order valence-corrected chi connectivity index (χ3v) is 4.29. The summed E-state index contributed by atoms with van der Waals surface area (Å²) >= 11 is 0. The molecular weight excluding hydrogens is 222 g/mol. The molecule has 1 heterocycles. The summed E-state index contributed by atoms with van der Waals surface area (Å²) in [5, 5.41) is 3.81. The molecule has 0 amide bonds. The van der Waals surface area contributed by atoms with Gasteiger partial charge in [0.2, 0.25) is 0 Å². The first-order valence-corrected chi connectivity index (χ1v) is 6.91. The molecule has 2 unspecified atom stereocenters. The van der Waals surface area contributed by atoms with Crippen LogP contribution < -0.4 is 10.1 Å². The molecule has 1 aliphatic heterocycles. The van der Waals surface area contributed by atoms with Crippen LogP contribution in [0.1, 0.15) is 52.1 Å². The van der Waals surface area contributed by atoms with Crippen LogP contribution in [0.25, 0.3) is 0 Å². The van der Waals surface area contributed by atoms with Crippen LogP contribution in [0.4, 0.5) is 0 Å². The Kier molecular flexibility index (Phi) is 2.50. The van der Waals surface area contributed by atoms with Crippen molar-refractivity contribution in [2.75, 3.05) is 0 Å². The number of benzene rings is 1. The Morgan fingerprint density at radius 2 is 1.78 bits per heavy atom. The lowest BCUT2D eigenvalue weighted by molar-refractivity contribution is 0.0651. The van der Waals surface area contributed by atoms with E-state index >= 15 is 0 Å². The van der Waals surface area contributed by atoms with Gasteiger partial charge in [-0.1, -0.05) is 32.0 Å². The molecule has 0 saturated heterocycles. The van der Waals surface area contributed by atoms with Crippen LogP contribution in [0.3, 0.4) is 0 Å². The van der Waals surface area contributed by atoms with Crippen molar-refractivity contribution in [2.24, 2.45) is 5.41 Å². The molecule has 2 heteroatoms. The molecule has 98 valence electrons. The predicted octanol–water partition coefficient (Wildman–Crippen LogP) is 3.68. The normalized spacial score (nSPS) is 31.3. The minimum absolute atomic E-state index is 0.0783. The number of hydrogen-bond acceptors (Lipinski definition) is 2. The van der Waals surface area contributed by atoms with Gasteiger partial charge in [0.1, 0.15) is 11.4 Å². The summed E-state index contributed by atoms with van der Waals surface area (Å²) in [7, 11) is 0. The lowest BCUT2D eigenvalue weighted by Crippen LogP contribution is -2.40. The summed E-state index contributed by atoms with van der Waals surface area (Å²) < 4.78 is 6.06. The summed E-state index contributed by atoms with van der Waals surface area (Å²) in [4.78, 5) is 0. The average molecular weight is 245 g/mol. The quantitative estimate of drug-likeness (QED) is 0.858. The molecule has 1 fully saturated rings. The molecule has 2 atom stereocenters. The second-order valence-corrected chi connectivity index (χ2v) is 7.07. The summed E-state index contributed by atoms with van der Waals surface area (Å²) in [6, 6.07) is 9.52. The molecule has 1 aromatic rings. The van der Waals surface area contributed by atoms with Gasteiger partial charge in [0.15, 0.2) is 0 Å². The van der Waals surface area contributed by atoms with Gasteiger partial charge in [-0.05, 0) is 31.7 Å². The molecule has 2 nitrogen and oxygen atoms in total. The van der Waals surface area contributed by atoms with E-state index in [9.17, 15) is 0 Å². The zero-order valence-electron chi connectivity index (χ0n) is 11.8. The zero-order chi connectivity index (χ0) is 13.0. The molecule has 0 spiro atoms. The van der Waals surface area contributed by atoms with Gasteiger partial charge in [0.05, 0.1) is 0 Å². The highest BCUT2D eigenvalue weighted by Crippen LogP contribution is 2.48. The second-order valence-electron chi connectivity index (χ2n) is 7.07. The van der Waals surface area contributed by atoms with Crippen molar-refractivity contribution in [3.8, 4) is 5.75 Å². The van der Waals surface area contributed by atoms with Crippen LogP contribution >= 0.6 is 0 Å². The maximum Gasteiger partial charge on any atom is 0.124 e. The topological polar surface area (TPSA) is 21.3 Å². The van der Waals surface area contributed by atoms with Crippen molar-refractivity contribution in [1.29, 1.82) is 0 Å². The van der Waals surface area contributed by atoms with Crippen LogP contribution in [0.5, 0.6) is 5.75 Å². The van der Waals surface area contributed by atoms with E-state index in [4.69, 9.17) is 4.74 Å². The molecule has 1 aliphatic carbocycles. The van der Waals surface area contributed by atoms with Crippen LogP contribution in [0.2, 0.25) is 0 Å². The Morgan fingerprint density at radius 3 is 2.44 bits per heavy atom. The first-order valence-electron chi connectivity index (χ1n) is 6.91. The van der Waals surface area contributed by atoms with Gasteiger partial charge >= 0.3 is 0 Å². The predicted molar refractivity (Wildman–Crippen MR) is 73.8 cm³/mol. The molecule has 0 radical (unpaired) electrons. The van der Waals surface area contributed by atoms with Crippen molar-refractivity contribution in [3.63, 3.8) is 0 Å². The molecule has 1 aromatic carbocycles. The maximum atomic E-state index is 6.06. The Morgan fingerprint density at radius 1 is 1.11 bits per heavy atom. The Balaban J connectivity index is 1.85. The molecule has 1 saturated carbocycles. The molecule has 18 heavy (non-hydrogen) atoms. The monoisotopic (exact) mass is 245 g/mol. The van der Waals surface area contributed by atoms with Crippen LogP contribution in [-0.4, -0.2) is 11.6 Å². The van der Waals surface area contributed by atoms with Crippen LogP contribution in [0, 0.1) is 5.41 Å². The van der Waals surface area contributed by atoms with E-state index < -0.39 is 0 Å². The number of ether oxygens (including phenoxy) is 1. The second kappa shape index (κ2) is 3.74. The van der Waals surface area contributed by atoms with E-state index in [0.29, 0.717) is 17.5 Å². The van der Waals surface area contributed by atoms with E-state index in [-0.39, 0.29) is 5.60 Å². The first kappa shape index (κ1) is 12.0. The van der Waals surface area contributed by atoms with Crippen molar-refractivity contribution in [2.45, 2.75) is 58.2 Å². The maximum absolute atomic E-state index is 6.06. The largest absolute Gasteiger partial charge is 0.487 e. The van der Waals surface area contributed by atoms with E-state index in [2.05, 4.69) is 57.3 Å². The summed E-state index contributed by atoms with van der Waals surface area (Å²) in [6.07, 6.45) is 2.32. The van der Waals surface area contributed by atoms with Gasteiger partial charge < -0.3 is 10.1 Å². The fourth-order valence-corrected chi connectivity index (χ4v) is 2.95. The Bertz CT molecular complexity index is 464. The van der Waals surface area contributed by atoms with E-state index in [1.165, 1.54) is 12.0 Å². The molecule has 0 bridgehead atoms. The van der Waals surface area contributed by atoms with Crippen molar-refractivity contribution in [1.82, 2.24) is 5.32 Å². The van der Waals surface area contributed by atoms with Gasteiger partial charge in [-0.2, -0.15) is 0 Å². The fourth-order valence-electron chi connectivity index (χ4n) is 2.95. The minimum Gasteiger partial charge on any atom is -0.487 e. The molecule has 3 rings (SSSR count). The number of para-hydroxylation sites is 1. The van der Waals surface area contributed by atoms with Crippen molar-refractivity contribution in [3.05, 3.63) is 29.8 Å². The summed E-state index contributed by atoms with van der Waals surface area (Å²) in [6.45, 7) is 9.02. The lowest BCUT2D eigenvalue weighted by Gasteiger charge is -2.38. The highest BCUT2D eigenvalue weighted by atomic mass is 16.5. The van der Waals surface area contributed by atoms with E-state index in [0.717, 1.165) is 12.2 Å². The smallest absolute Gasteiger partial charge is 0.124 e. The third kappa shape index (κ3) is 2.14. The first-order chi connectivity index (χ1) is 8.37. The highest BCUT2D eigenvalue weighted by molar-refractivity contribution is 5.39. The average Bonchev–Trinajstić information content (AvgIpc) is 2.84. The van der Waals surface area contributed by atoms with Crippen molar-refractivity contribution < 1.29 is 4.74 Å². The number of hydrogen-bond donors (Lipinski definition) is 1. The van der Waals surface area contributed by atoms with Crippen LogP contribution in [-0.2, 0) is 0 Å². The third-order valence-electron chi connectivity index (χ3n) is 4.29. The van der Waals surface area contributed by atoms with E-state index in [1.54, 1.807) is 0 Å². The van der Waals surface area contributed by atoms with Crippen LogP contribution in [0.15, 0.2) is 24.3 Å². The lowest BCUT2D eigenvalue weighted by atomic mass is 9.89. The Hall–Kier alpha value is -1.02. The van der Waals surface area contributed by atoms with Gasteiger partial charge in [0.25, 0.3) is 0 Å². The highest BCUT2D eigenvalue weighted by Gasteiger charge is 2.47. The standard InChI is InChI=1S/C16H23NO/c1-15(2)10-14(15)17-12-9-16(3,4)18-13-8-6-5-7-11(12)13/h5-8,12,14,17H,9-10H2,1-4H3. The minimum atomic E-state index is -0.0783. The van der Waals surface area contributed by atoms with Gasteiger partial charge in [-0.25, -0.2) is 0 Å². The fraction of sp³-hybridized carbons (Fsp3) is 0.625. The summed E-state index contributed by atoms with van der Waals surface area (Å²) in [5.74, 6) is 1.05. The van der Waals surface area contributed by atoms with Gasteiger partial charge in [-0.15, -0.1) is 0 Å². The zero-order valence-corrected chi connectivity index (χ0v) is 11.8. The molecule has 2 aliphatic rings. The molecular formula is C16H23NO. The van der Waals surface area contributed by atoms with Crippen molar-refractivity contribution >= 4 is 0 Å². The van der Waals surface area contributed by atoms with Gasteiger partial charge in [0, 0.05) is 24.1 Å². The summed E-state index contributed by atoms with van der Waals surface area (Å²) in [5.41, 5.74) is 1.71. The number of rotatable bonds is 2. The number of nitrogens with one attached hydrogen (secondary N) is 1. The SMILES string of the molecule is CC1(C)CC(NC2CC2(C)C)c2ccccc2O1. The van der Waals surface area contributed by atoms with E-state index in [1.807, 2.05) is 0 Å². The van der Waals surface area contributed by atoms with Gasteiger partial charge in [-0.3, -0.25) is 0 Å². The number of fused-ring (bicyclic) bond motifs is 1. The molecule has 1 N–H and O–H groups in total. The molecule has 0 aromatic heterocycles.